The van der Waals surface area contributed by atoms with Crippen molar-refractivity contribution in [2.45, 2.75) is 33.7 Å². The van der Waals surface area contributed by atoms with E-state index >= 15 is 0 Å². The number of aryl methyl sites for hydroxylation is 2. The number of nitrogens with two attached hydrogens (primary N) is 1. The SMILES string of the molecule is Cc1nn(CCCOc2ccc(C(N)=S)cc2)c(C)c1C. The highest BCUT2D eigenvalue weighted by Gasteiger charge is 2.06. The molecule has 21 heavy (non-hydrogen) atoms. The predicted octanol–water partition coefficient (Wildman–Crippen LogP) is 2.91. The van der Waals surface area contributed by atoms with Crippen LogP contribution in [0.5, 0.6) is 5.75 Å². The minimum absolute atomic E-state index is 0.404. The minimum Gasteiger partial charge on any atom is -0.494 e. The van der Waals surface area contributed by atoms with Crippen LogP contribution in [0.3, 0.4) is 0 Å². The van der Waals surface area contributed by atoms with Gasteiger partial charge < -0.3 is 10.5 Å². The first-order valence-corrected chi connectivity index (χ1v) is 7.43. The van der Waals surface area contributed by atoms with E-state index in [4.69, 9.17) is 22.7 Å². The molecule has 1 aromatic heterocycles. The van der Waals surface area contributed by atoms with Gasteiger partial charge in [-0.1, -0.05) is 12.2 Å². The molecular weight excluding hydrogens is 282 g/mol. The normalized spacial score (nSPS) is 10.6. The molecule has 0 atom stereocenters. The third-order valence-electron chi connectivity index (χ3n) is 3.67. The van der Waals surface area contributed by atoms with E-state index in [1.807, 2.05) is 35.9 Å². The smallest absolute Gasteiger partial charge is 0.119 e. The molecular formula is C16H21N3OS. The van der Waals surface area contributed by atoms with Gasteiger partial charge in [0.15, 0.2) is 0 Å². The fourth-order valence-electron chi connectivity index (χ4n) is 2.12. The summed E-state index contributed by atoms with van der Waals surface area (Å²) in [6.45, 7) is 7.77. The van der Waals surface area contributed by atoms with Crippen LogP contribution >= 0.6 is 12.2 Å². The van der Waals surface area contributed by atoms with Crippen molar-refractivity contribution < 1.29 is 4.74 Å². The van der Waals surface area contributed by atoms with E-state index in [1.54, 1.807) is 0 Å². The van der Waals surface area contributed by atoms with Gasteiger partial charge >= 0.3 is 0 Å². The van der Waals surface area contributed by atoms with Gasteiger partial charge in [0.05, 0.1) is 12.3 Å². The molecule has 2 rings (SSSR count). The van der Waals surface area contributed by atoms with Crippen LogP contribution in [0.25, 0.3) is 0 Å². The third-order valence-corrected chi connectivity index (χ3v) is 3.90. The van der Waals surface area contributed by atoms with Gasteiger partial charge in [-0.3, -0.25) is 4.68 Å². The van der Waals surface area contributed by atoms with Crippen LogP contribution in [-0.2, 0) is 6.54 Å². The summed E-state index contributed by atoms with van der Waals surface area (Å²) in [5.41, 5.74) is 10.0. The highest BCUT2D eigenvalue weighted by atomic mass is 32.1. The number of benzene rings is 1. The van der Waals surface area contributed by atoms with Crippen molar-refractivity contribution in [2.75, 3.05) is 6.61 Å². The molecule has 0 saturated carbocycles. The number of nitrogens with zero attached hydrogens (tertiary/aromatic N) is 2. The van der Waals surface area contributed by atoms with Crippen LogP contribution in [0.4, 0.5) is 0 Å². The Balaban J connectivity index is 1.81. The average molecular weight is 303 g/mol. The molecule has 0 aliphatic heterocycles. The molecule has 0 radical (unpaired) electrons. The second kappa shape index (κ2) is 6.72. The van der Waals surface area contributed by atoms with Gasteiger partial charge in [-0.05, 0) is 50.6 Å². The first-order chi connectivity index (χ1) is 9.99. The lowest BCUT2D eigenvalue weighted by atomic mass is 10.2. The van der Waals surface area contributed by atoms with Gasteiger partial charge in [0.2, 0.25) is 0 Å². The van der Waals surface area contributed by atoms with Gasteiger partial charge in [-0.2, -0.15) is 5.10 Å². The zero-order valence-corrected chi connectivity index (χ0v) is 13.5. The minimum atomic E-state index is 0.404. The molecule has 0 aliphatic rings. The summed E-state index contributed by atoms with van der Waals surface area (Å²) in [7, 11) is 0. The second-order valence-corrected chi connectivity index (χ2v) is 5.55. The van der Waals surface area contributed by atoms with Crippen molar-refractivity contribution in [3.8, 4) is 5.75 Å². The first kappa shape index (κ1) is 15.5. The van der Waals surface area contributed by atoms with Crippen molar-refractivity contribution in [3.63, 3.8) is 0 Å². The molecule has 0 saturated heterocycles. The molecule has 4 nitrogen and oxygen atoms in total. The maximum Gasteiger partial charge on any atom is 0.119 e. The van der Waals surface area contributed by atoms with Crippen LogP contribution in [-0.4, -0.2) is 21.4 Å². The lowest BCUT2D eigenvalue weighted by Crippen LogP contribution is -2.09. The molecule has 2 N–H and O–H groups in total. The Bertz CT molecular complexity index is 632. The molecule has 0 amide bonds. The first-order valence-electron chi connectivity index (χ1n) is 7.02. The van der Waals surface area contributed by atoms with E-state index in [0.717, 1.165) is 30.0 Å². The number of aromatic nitrogens is 2. The second-order valence-electron chi connectivity index (χ2n) is 5.11. The summed E-state index contributed by atoms with van der Waals surface area (Å²) in [6.07, 6.45) is 0.915. The van der Waals surface area contributed by atoms with E-state index < -0.39 is 0 Å². The molecule has 0 aliphatic carbocycles. The fourth-order valence-corrected chi connectivity index (χ4v) is 2.26. The molecule has 0 bridgehead atoms. The molecule has 0 unspecified atom stereocenters. The van der Waals surface area contributed by atoms with Crippen LogP contribution in [0.15, 0.2) is 24.3 Å². The molecule has 0 fully saturated rings. The predicted molar refractivity (Wildman–Crippen MR) is 88.9 cm³/mol. The van der Waals surface area contributed by atoms with E-state index in [9.17, 15) is 0 Å². The van der Waals surface area contributed by atoms with Crippen LogP contribution in [0.2, 0.25) is 0 Å². The van der Waals surface area contributed by atoms with Gasteiger partial charge in [0, 0.05) is 24.2 Å². The fraction of sp³-hybridized carbons (Fsp3) is 0.375. The summed E-state index contributed by atoms with van der Waals surface area (Å²) in [5, 5.41) is 4.52. The number of thiocarbonyl (C=S) groups is 1. The molecule has 112 valence electrons. The summed E-state index contributed by atoms with van der Waals surface area (Å²) >= 11 is 4.92. The quantitative estimate of drug-likeness (QED) is 0.658. The number of rotatable bonds is 6. The van der Waals surface area contributed by atoms with Crippen molar-refractivity contribution in [2.24, 2.45) is 5.73 Å². The van der Waals surface area contributed by atoms with Crippen molar-refractivity contribution in [1.29, 1.82) is 0 Å². The Kier molecular flexibility index (Phi) is 4.96. The van der Waals surface area contributed by atoms with Crippen molar-refractivity contribution >= 4 is 17.2 Å². The maximum absolute atomic E-state index is 5.71. The molecule has 5 heteroatoms. The summed E-state index contributed by atoms with van der Waals surface area (Å²) < 4.78 is 7.76. The number of hydrogen-bond acceptors (Lipinski definition) is 3. The summed E-state index contributed by atoms with van der Waals surface area (Å²) in [5.74, 6) is 0.833. The van der Waals surface area contributed by atoms with Crippen molar-refractivity contribution in [1.82, 2.24) is 9.78 Å². The zero-order valence-electron chi connectivity index (χ0n) is 12.7. The highest BCUT2D eigenvalue weighted by Crippen LogP contribution is 2.14. The van der Waals surface area contributed by atoms with Gasteiger partial charge in [0.1, 0.15) is 10.7 Å². The maximum atomic E-state index is 5.71. The van der Waals surface area contributed by atoms with E-state index in [1.165, 1.54) is 11.3 Å². The summed E-state index contributed by atoms with van der Waals surface area (Å²) in [4.78, 5) is 0.404. The van der Waals surface area contributed by atoms with Gasteiger partial charge in [0.25, 0.3) is 0 Å². The van der Waals surface area contributed by atoms with Crippen LogP contribution in [0, 0.1) is 20.8 Å². The van der Waals surface area contributed by atoms with Gasteiger partial charge in [-0.15, -0.1) is 0 Å². The van der Waals surface area contributed by atoms with Gasteiger partial charge in [-0.25, -0.2) is 0 Å². The summed E-state index contributed by atoms with van der Waals surface area (Å²) in [6, 6.07) is 7.54. The van der Waals surface area contributed by atoms with E-state index in [2.05, 4.69) is 18.9 Å². The lowest BCUT2D eigenvalue weighted by molar-refractivity contribution is 0.298. The number of ether oxygens (including phenoxy) is 1. The number of hydrogen-bond donors (Lipinski definition) is 1. The Morgan fingerprint density at radius 2 is 1.90 bits per heavy atom. The van der Waals surface area contributed by atoms with Crippen LogP contribution < -0.4 is 10.5 Å². The Morgan fingerprint density at radius 3 is 2.43 bits per heavy atom. The lowest BCUT2D eigenvalue weighted by Gasteiger charge is -2.08. The Hall–Kier alpha value is -1.88. The topological polar surface area (TPSA) is 53.1 Å². The average Bonchev–Trinajstić information content (AvgIpc) is 2.71. The molecule has 1 aromatic carbocycles. The van der Waals surface area contributed by atoms with Crippen molar-refractivity contribution in [3.05, 3.63) is 46.8 Å². The Morgan fingerprint density at radius 1 is 1.24 bits per heavy atom. The third kappa shape index (κ3) is 3.82. The zero-order chi connectivity index (χ0) is 15.4. The van der Waals surface area contributed by atoms with E-state index in [0.29, 0.717) is 11.6 Å². The molecule has 1 heterocycles. The highest BCUT2D eigenvalue weighted by molar-refractivity contribution is 7.80. The molecule has 0 spiro atoms. The van der Waals surface area contributed by atoms with Crippen LogP contribution in [0.1, 0.15) is 28.9 Å². The molecule has 2 aromatic rings. The standard InChI is InChI=1S/C16H21N3OS/c1-11-12(2)18-19(13(11)3)9-4-10-20-15-7-5-14(6-8-15)16(17)21/h5-8H,4,9-10H2,1-3H3,(H2,17,21). The van der Waals surface area contributed by atoms with E-state index in [-0.39, 0.29) is 0 Å². The largest absolute Gasteiger partial charge is 0.494 e. The monoisotopic (exact) mass is 303 g/mol. The Labute approximate surface area is 130 Å².